The van der Waals surface area contributed by atoms with Gasteiger partial charge in [-0.1, -0.05) is 26.7 Å². The second kappa shape index (κ2) is 11.0. The molecule has 1 N–H and O–H groups in total. The molecule has 0 rings (SSSR count). The van der Waals surface area contributed by atoms with E-state index in [1.54, 1.807) is 0 Å². The van der Waals surface area contributed by atoms with E-state index in [9.17, 15) is 8.42 Å². The number of hydrogen-bond acceptors (Lipinski definition) is 4. The van der Waals surface area contributed by atoms with E-state index in [0.29, 0.717) is 18.9 Å². The van der Waals surface area contributed by atoms with Gasteiger partial charge in [0.15, 0.2) is 9.84 Å². The maximum absolute atomic E-state index is 11.5. The highest BCUT2D eigenvalue weighted by atomic mass is 32.2. The van der Waals surface area contributed by atoms with Crippen LogP contribution in [0.2, 0.25) is 0 Å². The number of ether oxygens (including phenoxy) is 1. The molecule has 0 aromatic rings. The fourth-order valence-corrected chi connectivity index (χ4v) is 2.70. The molecule has 0 aliphatic carbocycles. The molecule has 0 heterocycles. The van der Waals surface area contributed by atoms with E-state index in [-0.39, 0.29) is 5.75 Å². The van der Waals surface area contributed by atoms with Gasteiger partial charge in [0, 0.05) is 19.7 Å². The van der Waals surface area contributed by atoms with Gasteiger partial charge < -0.3 is 10.1 Å². The molecule has 5 heteroatoms. The zero-order valence-corrected chi connectivity index (χ0v) is 12.0. The van der Waals surface area contributed by atoms with Gasteiger partial charge in [0.05, 0.1) is 18.1 Å². The zero-order valence-electron chi connectivity index (χ0n) is 11.2. The Bertz CT molecular complexity index is 252. The summed E-state index contributed by atoms with van der Waals surface area (Å²) in [4.78, 5) is 0. The van der Waals surface area contributed by atoms with E-state index in [4.69, 9.17) is 4.74 Å². The minimum atomic E-state index is -2.85. The monoisotopic (exact) mass is 265 g/mol. The first-order valence-electron chi connectivity index (χ1n) is 6.61. The Morgan fingerprint density at radius 2 is 1.65 bits per heavy atom. The van der Waals surface area contributed by atoms with E-state index in [1.165, 1.54) is 0 Å². The van der Waals surface area contributed by atoms with Gasteiger partial charge in [-0.3, -0.25) is 0 Å². The molecule has 0 aliphatic rings. The molecule has 17 heavy (non-hydrogen) atoms. The van der Waals surface area contributed by atoms with E-state index in [1.807, 2.05) is 6.92 Å². The Morgan fingerprint density at radius 1 is 0.941 bits per heavy atom. The average molecular weight is 265 g/mol. The fraction of sp³-hybridized carbons (Fsp3) is 1.00. The van der Waals surface area contributed by atoms with Crippen LogP contribution >= 0.6 is 0 Å². The maximum Gasteiger partial charge on any atom is 0.151 e. The number of unbranched alkanes of at least 4 members (excludes halogenated alkanes) is 2. The first-order chi connectivity index (χ1) is 8.12. The quantitative estimate of drug-likeness (QED) is 0.545. The lowest BCUT2D eigenvalue weighted by molar-refractivity contribution is 0.133. The van der Waals surface area contributed by atoms with Crippen LogP contribution in [-0.4, -0.2) is 46.2 Å². The molecule has 0 spiro atoms. The molecule has 0 bridgehead atoms. The van der Waals surface area contributed by atoms with Gasteiger partial charge in [-0.2, -0.15) is 0 Å². The van der Waals surface area contributed by atoms with Crippen molar-refractivity contribution < 1.29 is 13.2 Å². The predicted molar refractivity (Wildman–Crippen MR) is 72.2 cm³/mol. The van der Waals surface area contributed by atoms with E-state index >= 15 is 0 Å². The van der Waals surface area contributed by atoms with E-state index < -0.39 is 9.84 Å². The Labute approximate surface area is 106 Å². The van der Waals surface area contributed by atoms with Crippen LogP contribution in [0.4, 0.5) is 0 Å². The van der Waals surface area contributed by atoms with Gasteiger partial charge in [-0.05, 0) is 12.8 Å². The summed E-state index contributed by atoms with van der Waals surface area (Å²) in [7, 11) is -2.85. The smallest absolute Gasteiger partial charge is 0.151 e. The van der Waals surface area contributed by atoms with Crippen LogP contribution in [0.15, 0.2) is 0 Å². The van der Waals surface area contributed by atoms with Crippen LogP contribution < -0.4 is 5.32 Å². The molecule has 0 radical (unpaired) electrons. The minimum absolute atomic E-state index is 0.238. The Morgan fingerprint density at radius 3 is 2.29 bits per heavy atom. The summed E-state index contributed by atoms with van der Waals surface area (Å²) >= 11 is 0. The highest BCUT2D eigenvalue weighted by Gasteiger charge is 2.08. The van der Waals surface area contributed by atoms with E-state index in [2.05, 4.69) is 12.2 Å². The third-order valence-corrected chi connectivity index (χ3v) is 4.20. The minimum Gasteiger partial charge on any atom is -0.380 e. The molecular weight excluding hydrogens is 238 g/mol. The standard InChI is InChI=1S/C12H27NO3S/c1-3-5-9-16-10-7-13-8-12-17(14,15)11-6-4-2/h13H,3-12H2,1-2H3. The van der Waals surface area contributed by atoms with Crippen molar-refractivity contribution in [1.82, 2.24) is 5.32 Å². The normalized spacial score (nSPS) is 11.9. The SMILES string of the molecule is CCCCOCCNCCS(=O)(=O)CCCC. The summed E-state index contributed by atoms with van der Waals surface area (Å²) in [6, 6.07) is 0. The average Bonchev–Trinajstić information content (AvgIpc) is 2.30. The number of rotatable bonds is 12. The Hall–Kier alpha value is -0.130. The molecule has 0 aromatic carbocycles. The van der Waals surface area contributed by atoms with Crippen molar-refractivity contribution in [2.75, 3.05) is 37.8 Å². The fourth-order valence-electron chi connectivity index (χ4n) is 1.31. The van der Waals surface area contributed by atoms with Gasteiger partial charge in [0.1, 0.15) is 0 Å². The molecule has 0 aromatic heterocycles. The van der Waals surface area contributed by atoms with Crippen LogP contribution in [-0.2, 0) is 14.6 Å². The second-order valence-electron chi connectivity index (χ2n) is 4.22. The summed E-state index contributed by atoms with van der Waals surface area (Å²) in [5.74, 6) is 0.556. The van der Waals surface area contributed by atoms with Crippen LogP contribution in [0.3, 0.4) is 0 Å². The first-order valence-corrected chi connectivity index (χ1v) is 8.43. The summed E-state index contributed by atoms with van der Waals surface area (Å²) in [5, 5.41) is 3.09. The Balaban J connectivity index is 3.32. The zero-order chi connectivity index (χ0) is 13.0. The van der Waals surface area contributed by atoms with Crippen molar-refractivity contribution in [1.29, 1.82) is 0 Å². The third-order valence-electron chi connectivity index (χ3n) is 2.46. The van der Waals surface area contributed by atoms with Crippen molar-refractivity contribution in [3.8, 4) is 0 Å². The van der Waals surface area contributed by atoms with Crippen LogP contribution in [0.5, 0.6) is 0 Å². The largest absolute Gasteiger partial charge is 0.380 e. The van der Waals surface area contributed by atoms with Crippen molar-refractivity contribution in [2.45, 2.75) is 39.5 Å². The highest BCUT2D eigenvalue weighted by Crippen LogP contribution is 1.96. The van der Waals surface area contributed by atoms with Gasteiger partial charge in [0.2, 0.25) is 0 Å². The van der Waals surface area contributed by atoms with Gasteiger partial charge in [0.25, 0.3) is 0 Å². The highest BCUT2D eigenvalue weighted by molar-refractivity contribution is 7.91. The molecule has 0 unspecified atom stereocenters. The van der Waals surface area contributed by atoms with Crippen molar-refractivity contribution in [2.24, 2.45) is 0 Å². The molecule has 4 nitrogen and oxygen atoms in total. The topological polar surface area (TPSA) is 55.4 Å². The van der Waals surface area contributed by atoms with Gasteiger partial charge in [-0.25, -0.2) is 8.42 Å². The molecular formula is C12H27NO3S. The molecule has 0 atom stereocenters. The predicted octanol–water partition coefficient (Wildman–Crippen LogP) is 1.61. The molecule has 0 amide bonds. The molecule has 0 saturated carbocycles. The van der Waals surface area contributed by atoms with Crippen LogP contribution in [0, 0.1) is 0 Å². The first kappa shape index (κ1) is 16.9. The van der Waals surface area contributed by atoms with Crippen molar-refractivity contribution in [3.05, 3.63) is 0 Å². The maximum atomic E-state index is 11.5. The third kappa shape index (κ3) is 12.1. The molecule has 0 saturated heterocycles. The van der Waals surface area contributed by atoms with Crippen LogP contribution in [0.25, 0.3) is 0 Å². The van der Waals surface area contributed by atoms with Crippen molar-refractivity contribution in [3.63, 3.8) is 0 Å². The van der Waals surface area contributed by atoms with Gasteiger partial charge in [-0.15, -0.1) is 0 Å². The van der Waals surface area contributed by atoms with Gasteiger partial charge >= 0.3 is 0 Å². The van der Waals surface area contributed by atoms with E-state index in [0.717, 1.165) is 38.8 Å². The number of sulfone groups is 1. The second-order valence-corrected chi connectivity index (χ2v) is 6.52. The summed E-state index contributed by atoms with van der Waals surface area (Å²) in [6.07, 6.45) is 3.93. The molecule has 104 valence electrons. The molecule has 0 fully saturated rings. The summed E-state index contributed by atoms with van der Waals surface area (Å²) < 4.78 is 28.3. The van der Waals surface area contributed by atoms with Crippen molar-refractivity contribution >= 4 is 9.84 Å². The number of nitrogens with one attached hydrogen (secondary N) is 1. The lowest BCUT2D eigenvalue weighted by Crippen LogP contribution is -2.27. The lowest BCUT2D eigenvalue weighted by Gasteiger charge is -2.06. The summed E-state index contributed by atoms with van der Waals surface area (Å²) in [6.45, 7) is 6.85. The Kier molecular flexibility index (Phi) is 10.9. The molecule has 0 aliphatic heterocycles. The lowest BCUT2D eigenvalue weighted by atomic mass is 10.4. The summed E-state index contributed by atoms with van der Waals surface area (Å²) in [5.41, 5.74) is 0. The number of hydrogen-bond donors (Lipinski definition) is 1. The van der Waals surface area contributed by atoms with Crippen LogP contribution in [0.1, 0.15) is 39.5 Å².